The number of hydrogen-bond acceptors (Lipinski definition) is 4. The van der Waals surface area contributed by atoms with E-state index < -0.39 is 8.56 Å². The van der Waals surface area contributed by atoms with E-state index in [-0.39, 0.29) is 0 Å². The van der Waals surface area contributed by atoms with Crippen LogP contribution in [-0.4, -0.2) is 41.9 Å². The van der Waals surface area contributed by atoms with Crippen molar-refractivity contribution in [1.82, 2.24) is 5.32 Å². The Bertz CT molecular complexity index is 164. The van der Waals surface area contributed by atoms with Crippen molar-refractivity contribution in [3.63, 3.8) is 0 Å². The predicted molar refractivity (Wildman–Crippen MR) is 70.8 cm³/mol. The smallest absolute Gasteiger partial charge is 0.338 e. The summed E-state index contributed by atoms with van der Waals surface area (Å²) >= 11 is 0. The van der Waals surface area contributed by atoms with E-state index in [1.807, 2.05) is 20.9 Å². The molecular formula is C11H28N2O2Si. The summed E-state index contributed by atoms with van der Waals surface area (Å²) in [5.74, 6) is 0. The zero-order chi connectivity index (χ0) is 12.4. The third kappa shape index (κ3) is 5.40. The molecule has 1 unspecified atom stereocenters. The fraction of sp³-hybridized carbons (Fsp3) is 1.00. The first-order valence-electron chi connectivity index (χ1n) is 6.27. The van der Waals surface area contributed by atoms with Crippen LogP contribution >= 0.6 is 0 Å². The molecule has 0 bridgehead atoms. The van der Waals surface area contributed by atoms with Gasteiger partial charge in [0.2, 0.25) is 0 Å². The molecule has 0 aromatic carbocycles. The van der Waals surface area contributed by atoms with Gasteiger partial charge in [0, 0.05) is 18.8 Å². The van der Waals surface area contributed by atoms with Gasteiger partial charge in [-0.2, -0.15) is 0 Å². The largest absolute Gasteiger partial charge is 0.394 e. The summed E-state index contributed by atoms with van der Waals surface area (Å²) in [6.45, 7) is 9.37. The lowest BCUT2D eigenvalue weighted by Crippen LogP contribution is -2.45. The van der Waals surface area contributed by atoms with Gasteiger partial charge in [-0.1, -0.05) is 0 Å². The van der Waals surface area contributed by atoms with E-state index in [4.69, 9.17) is 14.6 Å². The highest BCUT2D eigenvalue weighted by Gasteiger charge is 2.39. The Morgan fingerprint density at radius 1 is 1.19 bits per heavy atom. The van der Waals surface area contributed by atoms with Crippen LogP contribution in [0.5, 0.6) is 0 Å². The molecule has 1 atom stereocenters. The molecule has 0 aliphatic heterocycles. The van der Waals surface area contributed by atoms with E-state index in [0.29, 0.717) is 12.1 Å². The second-order valence-electron chi connectivity index (χ2n) is 4.05. The minimum absolute atomic E-state index is 0.477. The second-order valence-corrected chi connectivity index (χ2v) is 7.47. The molecule has 5 heteroatoms. The van der Waals surface area contributed by atoms with Crippen molar-refractivity contribution < 1.29 is 8.85 Å². The number of nitrogens with one attached hydrogen (secondary N) is 1. The summed E-state index contributed by atoms with van der Waals surface area (Å²) in [7, 11) is -0.0851. The normalized spacial score (nSPS) is 14.1. The van der Waals surface area contributed by atoms with Crippen LogP contribution in [0, 0.1) is 0 Å². The topological polar surface area (TPSA) is 56.5 Å². The van der Waals surface area contributed by atoms with Gasteiger partial charge >= 0.3 is 8.56 Å². The first kappa shape index (κ1) is 16.1. The number of nitrogens with two attached hydrogens (primary N) is 1. The molecule has 0 aromatic rings. The minimum Gasteiger partial charge on any atom is -0.394 e. The monoisotopic (exact) mass is 248 g/mol. The molecule has 0 fully saturated rings. The first-order valence-corrected chi connectivity index (χ1v) is 8.66. The van der Waals surface area contributed by atoms with E-state index in [1.165, 1.54) is 0 Å². The van der Waals surface area contributed by atoms with Crippen LogP contribution in [0.25, 0.3) is 0 Å². The van der Waals surface area contributed by atoms with Gasteiger partial charge in [0.05, 0.1) is 0 Å². The lowest BCUT2D eigenvalue weighted by molar-refractivity contribution is 0.175. The van der Waals surface area contributed by atoms with Crippen molar-refractivity contribution in [2.24, 2.45) is 5.73 Å². The van der Waals surface area contributed by atoms with Crippen molar-refractivity contribution >= 4 is 8.56 Å². The Kier molecular flexibility index (Phi) is 9.16. The van der Waals surface area contributed by atoms with Crippen LogP contribution in [-0.2, 0) is 8.85 Å². The quantitative estimate of drug-likeness (QED) is 0.575. The highest BCUT2D eigenvalue weighted by molar-refractivity contribution is 6.67. The minimum atomic E-state index is -2.06. The van der Waals surface area contributed by atoms with Gasteiger partial charge in [-0.05, 0) is 53.4 Å². The Labute approximate surface area is 101 Å². The molecule has 0 radical (unpaired) electrons. The summed E-state index contributed by atoms with van der Waals surface area (Å²) < 4.78 is 11.8. The average molecular weight is 248 g/mol. The molecule has 0 saturated heterocycles. The van der Waals surface area contributed by atoms with Crippen molar-refractivity contribution in [3.8, 4) is 0 Å². The molecule has 0 saturated carbocycles. The Balaban J connectivity index is 4.49. The van der Waals surface area contributed by atoms with Crippen LogP contribution in [0.4, 0.5) is 0 Å². The SMILES string of the molecule is CCO[Si](C)(OCC)C(CCN)CCNC. The van der Waals surface area contributed by atoms with Crippen molar-refractivity contribution in [3.05, 3.63) is 0 Å². The molecular weight excluding hydrogens is 220 g/mol. The molecule has 0 spiro atoms. The summed E-state index contributed by atoms with van der Waals surface area (Å²) in [6, 6.07) is 0. The van der Waals surface area contributed by atoms with Crippen LogP contribution < -0.4 is 11.1 Å². The van der Waals surface area contributed by atoms with Gasteiger partial charge in [0.15, 0.2) is 0 Å². The van der Waals surface area contributed by atoms with Crippen LogP contribution in [0.3, 0.4) is 0 Å². The fourth-order valence-corrected chi connectivity index (χ4v) is 5.10. The Morgan fingerprint density at radius 2 is 1.75 bits per heavy atom. The van der Waals surface area contributed by atoms with E-state index >= 15 is 0 Å². The summed E-state index contributed by atoms with van der Waals surface area (Å²) in [6.07, 6.45) is 2.07. The summed E-state index contributed by atoms with van der Waals surface area (Å²) in [5, 5.41) is 3.18. The van der Waals surface area contributed by atoms with E-state index in [2.05, 4.69) is 11.9 Å². The number of hydrogen-bond donors (Lipinski definition) is 2. The van der Waals surface area contributed by atoms with Crippen LogP contribution in [0.15, 0.2) is 0 Å². The molecule has 0 amide bonds. The van der Waals surface area contributed by atoms with Crippen molar-refractivity contribution in [1.29, 1.82) is 0 Å². The van der Waals surface area contributed by atoms with Gasteiger partial charge in [-0.15, -0.1) is 0 Å². The van der Waals surface area contributed by atoms with Crippen molar-refractivity contribution in [2.45, 2.75) is 38.8 Å². The first-order chi connectivity index (χ1) is 7.64. The third-order valence-electron chi connectivity index (χ3n) is 2.86. The molecule has 16 heavy (non-hydrogen) atoms. The van der Waals surface area contributed by atoms with Crippen LogP contribution in [0.1, 0.15) is 26.7 Å². The Hall–Kier alpha value is 0.0569. The average Bonchev–Trinajstić information content (AvgIpc) is 2.24. The zero-order valence-corrected chi connectivity index (χ0v) is 12.2. The zero-order valence-electron chi connectivity index (χ0n) is 11.2. The Morgan fingerprint density at radius 3 is 2.12 bits per heavy atom. The van der Waals surface area contributed by atoms with E-state index in [0.717, 1.165) is 32.6 Å². The second kappa shape index (κ2) is 9.12. The molecule has 0 heterocycles. The number of rotatable bonds is 10. The molecule has 4 nitrogen and oxygen atoms in total. The molecule has 3 N–H and O–H groups in total. The van der Waals surface area contributed by atoms with Gasteiger partial charge in [0.25, 0.3) is 0 Å². The lowest BCUT2D eigenvalue weighted by atomic mass is 10.2. The predicted octanol–water partition coefficient (Wildman–Crippen LogP) is 1.46. The molecule has 0 aliphatic rings. The standard InChI is InChI=1S/C11H28N2O2Si/c1-5-14-16(4,15-6-2)11(7-9-12)8-10-13-3/h11,13H,5-10,12H2,1-4H3. The van der Waals surface area contributed by atoms with Gasteiger partial charge in [-0.3, -0.25) is 0 Å². The highest BCUT2D eigenvalue weighted by Crippen LogP contribution is 2.30. The molecule has 0 rings (SSSR count). The van der Waals surface area contributed by atoms with Crippen LogP contribution in [0.2, 0.25) is 12.1 Å². The molecule has 98 valence electrons. The molecule has 0 aromatic heterocycles. The van der Waals surface area contributed by atoms with Gasteiger partial charge < -0.3 is 19.9 Å². The van der Waals surface area contributed by atoms with Crippen molar-refractivity contribution in [2.75, 3.05) is 33.4 Å². The maximum Gasteiger partial charge on any atom is 0.338 e. The van der Waals surface area contributed by atoms with Gasteiger partial charge in [0.1, 0.15) is 0 Å². The summed E-state index contributed by atoms with van der Waals surface area (Å²) in [5.41, 5.74) is 6.16. The fourth-order valence-electron chi connectivity index (χ4n) is 2.04. The summed E-state index contributed by atoms with van der Waals surface area (Å²) in [4.78, 5) is 0. The van der Waals surface area contributed by atoms with E-state index in [9.17, 15) is 0 Å². The maximum absolute atomic E-state index is 5.91. The van der Waals surface area contributed by atoms with Gasteiger partial charge in [-0.25, -0.2) is 0 Å². The third-order valence-corrected chi connectivity index (χ3v) is 6.65. The van der Waals surface area contributed by atoms with E-state index in [1.54, 1.807) is 0 Å². The maximum atomic E-state index is 5.91. The molecule has 0 aliphatic carbocycles. The lowest BCUT2D eigenvalue weighted by Gasteiger charge is -2.34. The highest BCUT2D eigenvalue weighted by atomic mass is 28.4.